The van der Waals surface area contributed by atoms with E-state index in [9.17, 15) is 14.4 Å². The zero-order valence-electron chi connectivity index (χ0n) is 46.7. The predicted molar refractivity (Wildman–Crippen MR) is 307 cm³/mol. The molecule has 0 radical (unpaired) electrons. The predicted octanol–water partition coefficient (Wildman–Crippen LogP) is 20.3. The van der Waals surface area contributed by atoms with Crippen LogP contribution in [0, 0.1) is 0 Å². The second-order valence-electron chi connectivity index (χ2n) is 19.9. The first-order chi connectivity index (χ1) is 35.0. The van der Waals surface area contributed by atoms with Crippen LogP contribution in [0.2, 0.25) is 0 Å². The number of allylic oxidation sites excluding steroid dienone is 14. The molecule has 0 aliphatic carbocycles. The van der Waals surface area contributed by atoms with Crippen molar-refractivity contribution < 1.29 is 28.6 Å². The van der Waals surface area contributed by atoms with E-state index in [1.807, 2.05) is 0 Å². The van der Waals surface area contributed by atoms with E-state index in [1.54, 1.807) is 0 Å². The second kappa shape index (κ2) is 59.2. The highest BCUT2D eigenvalue weighted by Gasteiger charge is 2.19. The van der Waals surface area contributed by atoms with Gasteiger partial charge in [-0.1, -0.05) is 260 Å². The van der Waals surface area contributed by atoms with Crippen molar-refractivity contribution in [2.24, 2.45) is 0 Å². The second-order valence-corrected chi connectivity index (χ2v) is 19.9. The van der Waals surface area contributed by atoms with Crippen LogP contribution in [-0.4, -0.2) is 37.2 Å². The number of hydrogen-bond donors (Lipinski definition) is 0. The Bertz CT molecular complexity index is 1370. The van der Waals surface area contributed by atoms with E-state index in [4.69, 9.17) is 14.2 Å². The van der Waals surface area contributed by atoms with Crippen molar-refractivity contribution in [1.29, 1.82) is 0 Å². The molecular weight excluding hydrogens is 877 g/mol. The average Bonchev–Trinajstić information content (AvgIpc) is 3.37. The zero-order valence-corrected chi connectivity index (χ0v) is 46.7. The molecule has 0 saturated heterocycles. The highest BCUT2D eigenvalue weighted by molar-refractivity contribution is 5.71. The van der Waals surface area contributed by atoms with E-state index in [2.05, 4.69) is 106 Å². The van der Waals surface area contributed by atoms with Crippen molar-refractivity contribution >= 4 is 17.9 Å². The van der Waals surface area contributed by atoms with Gasteiger partial charge in [0.25, 0.3) is 0 Å². The summed E-state index contributed by atoms with van der Waals surface area (Å²) in [6.07, 6.45) is 77.9. The summed E-state index contributed by atoms with van der Waals surface area (Å²) in [5.41, 5.74) is 0. The molecule has 0 bridgehead atoms. The van der Waals surface area contributed by atoms with Gasteiger partial charge in [-0.05, 0) is 96.3 Å². The molecule has 0 N–H and O–H groups in total. The van der Waals surface area contributed by atoms with Crippen LogP contribution < -0.4 is 0 Å². The number of hydrogen-bond acceptors (Lipinski definition) is 6. The molecule has 0 rings (SSSR count). The highest BCUT2D eigenvalue weighted by atomic mass is 16.6. The molecule has 0 aliphatic heterocycles. The maximum atomic E-state index is 12.7. The number of carbonyl (C=O) groups is 3. The topological polar surface area (TPSA) is 78.9 Å². The molecule has 71 heavy (non-hydrogen) atoms. The molecule has 6 nitrogen and oxygen atoms in total. The first-order valence-corrected chi connectivity index (χ1v) is 30.1. The van der Waals surface area contributed by atoms with Crippen LogP contribution in [-0.2, 0) is 28.6 Å². The molecule has 408 valence electrons. The standard InChI is InChI=1S/C65H112O6/c1-4-7-10-13-15-17-19-21-22-23-24-25-26-27-28-29-30-31-32-33-34-35-36-37-38-39-40-41-42-44-45-47-49-52-55-58-64(67)70-61-62(60-69-63(66)57-54-51-12-9-6-3)71-65(68)59-56-53-50-48-46-43-20-18-16-14-11-8-5-2/h7,10,15,17-18,20-22,24-25,27-28,30-31,62H,4-6,8-9,11-14,16,19,23,26,29,32-61H2,1-3H3/b10-7-,17-15-,20-18-,22-21-,25-24-,28-27-,31-30-. The smallest absolute Gasteiger partial charge is 0.306 e. The molecule has 0 spiro atoms. The van der Waals surface area contributed by atoms with Crippen molar-refractivity contribution in [1.82, 2.24) is 0 Å². The van der Waals surface area contributed by atoms with Gasteiger partial charge in [-0.25, -0.2) is 0 Å². The van der Waals surface area contributed by atoms with Crippen molar-refractivity contribution in [2.45, 2.75) is 297 Å². The lowest BCUT2D eigenvalue weighted by atomic mass is 10.0. The van der Waals surface area contributed by atoms with E-state index in [0.29, 0.717) is 19.3 Å². The Hall–Kier alpha value is -3.41. The normalized spacial score (nSPS) is 12.7. The third-order valence-electron chi connectivity index (χ3n) is 12.9. The minimum absolute atomic E-state index is 0.0766. The summed E-state index contributed by atoms with van der Waals surface area (Å²) in [6, 6.07) is 0. The van der Waals surface area contributed by atoms with Gasteiger partial charge in [0, 0.05) is 19.3 Å². The van der Waals surface area contributed by atoms with E-state index in [0.717, 1.165) is 116 Å². The van der Waals surface area contributed by atoms with Crippen molar-refractivity contribution in [3.8, 4) is 0 Å². The number of rotatable bonds is 54. The summed E-state index contributed by atoms with van der Waals surface area (Å²) in [5.74, 6) is -0.893. The maximum Gasteiger partial charge on any atom is 0.306 e. The third kappa shape index (κ3) is 57.4. The Morgan fingerprint density at radius 2 is 0.549 bits per heavy atom. The van der Waals surface area contributed by atoms with E-state index < -0.39 is 6.10 Å². The molecule has 0 saturated carbocycles. The van der Waals surface area contributed by atoms with Gasteiger partial charge in [-0.2, -0.15) is 0 Å². The maximum absolute atomic E-state index is 12.7. The summed E-state index contributed by atoms with van der Waals surface area (Å²) in [6.45, 7) is 6.43. The minimum Gasteiger partial charge on any atom is -0.462 e. The van der Waals surface area contributed by atoms with Gasteiger partial charge in [-0.15, -0.1) is 0 Å². The summed E-state index contributed by atoms with van der Waals surface area (Å²) < 4.78 is 16.7. The first kappa shape index (κ1) is 67.6. The Balaban J connectivity index is 3.92. The van der Waals surface area contributed by atoms with Crippen LogP contribution >= 0.6 is 0 Å². The highest BCUT2D eigenvalue weighted by Crippen LogP contribution is 2.16. The fourth-order valence-electron chi connectivity index (χ4n) is 8.38. The van der Waals surface area contributed by atoms with Gasteiger partial charge >= 0.3 is 17.9 Å². The molecule has 0 aromatic rings. The Morgan fingerprint density at radius 3 is 0.887 bits per heavy atom. The van der Waals surface area contributed by atoms with Crippen LogP contribution in [0.25, 0.3) is 0 Å². The Kier molecular flexibility index (Phi) is 56.3. The zero-order chi connectivity index (χ0) is 51.4. The molecule has 0 amide bonds. The molecule has 0 fully saturated rings. The number of unbranched alkanes of at least 4 members (excludes halogenated alkanes) is 29. The molecule has 1 unspecified atom stereocenters. The number of esters is 3. The Labute approximate surface area is 439 Å². The average molecular weight is 990 g/mol. The third-order valence-corrected chi connectivity index (χ3v) is 12.9. The van der Waals surface area contributed by atoms with Crippen molar-refractivity contribution in [3.63, 3.8) is 0 Å². The summed E-state index contributed by atoms with van der Waals surface area (Å²) in [7, 11) is 0. The first-order valence-electron chi connectivity index (χ1n) is 30.1. The number of carbonyl (C=O) groups excluding carboxylic acids is 3. The van der Waals surface area contributed by atoms with Crippen LogP contribution in [0.1, 0.15) is 290 Å². The lowest BCUT2D eigenvalue weighted by Crippen LogP contribution is -2.30. The molecule has 0 aromatic heterocycles. The van der Waals surface area contributed by atoms with E-state index in [1.165, 1.54) is 135 Å². The Morgan fingerprint density at radius 1 is 0.296 bits per heavy atom. The molecule has 0 aromatic carbocycles. The molecule has 0 heterocycles. The van der Waals surface area contributed by atoms with E-state index >= 15 is 0 Å². The van der Waals surface area contributed by atoms with Crippen molar-refractivity contribution in [3.05, 3.63) is 85.1 Å². The van der Waals surface area contributed by atoms with Crippen LogP contribution in [0.3, 0.4) is 0 Å². The molecule has 0 aliphatic rings. The fraction of sp³-hybridized carbons (Fsp3) is 0.738. The fourth-order valence-corrected chi connectivity index (χ4v) is 8.38. The van der Waals surface area contributed by atoms with Crippen molar-refractivity contribution in [2.75, 3.05) is 13.2 Å². The minimum atomic E-state index is -0.773. The van der Waals surface area contributed by atoms with E-state index in [-0.39, 0.29) is 31.1 Å². The number of ether oxygens (including phenoxy) is 3. The largest absolute Gasteiger partial charge is 0.462 e. The monoisotopic (exact) mass is 989 g/mol. The van der Waals surface area contributed by atoms with Crippen LogP contribution in [0.15, 0.2) is 85.1 Å². The van der Waals surface area contributed by atoms with Gasteiger partial charge < -0.3 is 14.2 Å². The van der Waals surface area contributed by atoms with Gasteiger partial charge in [0.2, 0.25) is 0 Å². The quantitative estimate of drug-likeness (QED) is 0.0261. The van der Waals surface area contributed by atoms with Crippen LogP contribution in [0.5, 0.6) is 0 Å². The van der Waals surface area contributed by atoms with Gasteiger partial charge in [0.1, 0.15) is 13.2 Å². The lowest BCUT2D eigenvalue weighted by Gasteiger charge is -2.18. The van der Waals surface area contributed by atoms with Gasteiger partial charge in [-0.3, -0.25) is 14.4 Å². The molecule has 1 atom stereocenters. The molecule has 6 heteroatoms. The van der Waals surface area contributed by atoms with Crippen LogP contribution in [0.4, 0.5) is 0 Å². The summed E-state index contributed by atoms with van der Waals surface area (Å²) in [4.78, 5) is 37.7. The molecular formula is C65H112O6. The van der Waals surface area contributed by atoms with Gasteiger partial charge in [0.15, 0.2) is 6.10 Å². The van der Waals surface area contributed by atoms with Gasteiger partial charge in [0.05, 0.1) is 0 Å². The lowest BCUT2D eigenvalue weighted by molar-refractivity contribution is -0.167. The summed E-state index contributed by atoms with van der Waals surface area (Å²) in [5, 5.41) is 0. The SMILES string of the molecule is CC/C=C\C/C=C\C/C=C\C/C=C\C/C=C\C/C=C\CCCCCCCCCCCCCCCCCCC(=O)OCC(COC(=O)CCCCCCC)OC(=O)CCCCCCC/C=C\CCCCCC. The summed E-state index contributed by atoms with van der Waals surface area (Å²) >= 11 is 0.